The van der Waals surface area contributed by atoms with Gasteiger partial charge in [-0.15, -0.1) is 0 Å². The van der Waals surface area contributed by atoms with Crippen LogP contribution in [0.5, 0.6) is 5.75 Å². The summed E-state index contributed by atoms with van der Waals surface area (Å²) in [4.78, 5) is 0. The van der Waals surface area contributed by atoms with Gasteiger partial charge in [-0.25, -0.2) is 0 Å². The third-order valence-corrected chi connectivity index (χ3v) is 3.65. The van der Waals surface area contributed by atoms with E-state index in [-0.39, 0.29) is 5.41 Å². The Balaban J connectivity index is 2.26. The summed E-state index contributed by atoms with van der Waals surface area (Å²) >= 11 is 0. The highest BCUT2D eigenvalue weighted by Crippen LogP contribution is 2.33. The first-order chi connectivity index (χ1) is 7.88. The maximum atomic E-state index is 6.06. The van der Waals surface area contributed by atoms with Crippen molar-refractivity contribution >= 4 is 0 Å². The first-order valence-corrected chi connectivity index (χ1v) is 6.68. The Kier molecular flexibility index (Phi) is 3.20. The molecule has 17 heavy (non-hydrogen) atoms. The number of benzene rings is 1. The fourth-order valence-corrected chi connectivity index (χ4v) is 2.35. The number of fused-ring (bicyclic) bond motifs is 1. The smallest absolute Gasteiger partial charge is 0.122 e. The van der Waals surface area contributed by atoms with Gasteiger partial charge >= 0.3 is 0 Å². The predicted octanol–water partition coefficient (Wildman–Crippen LogP) is 4.33. The van der Waals surface area contributed by atoms with Gasteiger partial charge in [0.2, 0.25) is 0 Å². The maximum absolute atomic E-state index is 6.06. The summed E-state index contributed by atoms with van der Waals surface area (Å²) in [5.41, 5.74) is 3.02. The van der Waals surface area contributed by atoms with E-state index in [9.17, 15) is 0 Å². The van der Waals surface area contributed by atoms with Crippen molar-refractivity contribution in [3.8, 4) is 5.75 Å². The van der Waals surface area contributed by atoms with Crippen molar-refractivity contribution in [3.63, 3.8) is 0 Å². The zero-order valence-electron chi connectivity index (χ0n) is 11.7. The second-order valence-corrected chi connectivity index (χ2v) is 6.51. The molecule has 0 spiro atoms. The molecule has 1 heterocycles. The molecule has 0 amide bonds. The van der Waals surface area contributed by atoms with E-state index in [2.05, 4.69) is 52.8 Å². The van der Waals surface area contributed by atoms with Gasteiger partial charge in [-0.2, -0.15) is 0 Å². The topological polar surface area (TPSA) is 9.23 Å². The minimum Gasteiger partial charge on any atom is -0.490 e. The normalized spacial score (nSPS) is 20.0. The lowest BCUT2D eigenvalue weighted by Crippen LogP contribution is -2.28. The van der Waals surface area contributed by atoms with Crippen LogP contribution in [0.25, 0.3) is 0 Å². The Bertz CT molecular complexity index is 398. The summed E-state index contributed by atoms with van der Waals surface area (Å²) in [6.45, 7) is 11.2. The van der Waals surface area contributed by atoms with Gasteiger partial charge in [-0.1, -0.05) is 46.8 Å². The minimum absolute atomic E-state index is 0.226. The molecule has 1 aromatic rings. The average Bonchev–Trinajstić information content (AvgIpc) is 2.26. The predicted molar refractivity (Wildman–Crippen MR) is 72.7 cm³/mol. The highest BCUT2D eigenvalue weighted by Gasteiger charge is 2.24. The molecule has 0 saturated carbocycles. The first kappa shape index (κ1) is 12.5. The molecular weight excluding hydrogens is 208 g/mol. The first-order valence-electron chi connectivity index (χ1n) is 6.68. The molecule has 94 valence electrons. The Morgan fingerprint density at radius 3 is 2.53 bits per heavy atom. The third-order valence-electron chi connectivity index (χ3n) is 3.65. The maximum Gasteiger partial charge on any atom is 0.122 e. The van der Waals surface area contributed by atoms with Crippen LogP contribution in [0.3, 0.4) is 0 Å². The lowest BCUT2D eigenvalue weighted by molar-refractivity contribution is 0.127. The second kappa shape index (κ2) is 4.36. The number of ether oxygens (including phenoxy) is 1. The molecule has 1 aliphatic heterocycles. The van der Waals surface area contributed by atoms with E-state index < -0.39 is 0 Å². The fourth-order valence-electron chi connectivity index (χ4n) is 2.35. The molecule has 2 rings (SSSR count). The van der Waals surface area contributed by atoms with E-state index in [1.807, 2.05) is 0 Å². The van der Waals surface area contributed by atoms with Gasteiger partial charge in [0.15, 0.2) is 0 Å². The molecule has 0 bridgehead atoms. The summed E-state index contributed by atoms with van der Waals surface area (Å²) in [6, 6.07) is 6.69. The van der Waals surface area contributed by atoms with Crippen molar-refractivity contribution in [2.75, 3.05) is 0 Å². The summed E-state index contributed by atoms with van der Waals surface area (Å²) in [6.07, 6.45) is 2.70. The number of aryl methyl sites for hydroxylation is 1. The SMILES string of the molecule is CC(C)C1CCc2cc(C(C)(C)C)ccc2O1. The summed E-state index contributed by atoms with van der Waals surface area (Å²) in [7, 11) is 0. The summed E-state index contributed by atoms with van der Waals surface area (Å²) < 4.78 is 6.06. The molecule has 1 aromatic carbocycles. The van der Waals surface area contributed by atoms with Crippen molar-refractivity contribution in [2.24, 2.45) is 5.92 Å². The standard InChI is InChI=1S/C16H24O/c1-11(2)14-8-6-12-10-13(16(3,4)5)7-9-15(12)17-14/h7,9-11,14H,6,8H2,1-5H3. The molecule has 0 N–H and O–H groups in total. The van der Waals surface area contributed by atoms with Gasteiger partial charge in [0.1, 0.15) is 11.9 Å². The van der Waals surface area contributed by atoms with Gasteiger partial charge < -0.3 is 4.74 Å². The van der Waals surface area contributed by atoms with Crippen LogP contribution >= 0.6 is 0 Å². The van der Waals surface area contributed by atoms with Crippen LogP contribution in [0.2, 0.25) is 0 Å². The van der Waals surface area contributed by atoms with E-state index in [0.29, 0.717) is 12.0 Å². The fraction of sp³-hybridized carbons (Fsp3) is 0.625. The molecule has 0 fully saturated rings. The summed E-state index contributed by atoms with van der Waals surface area (Å²) in [5, 5.41) is 0. The molecule has 0 aromatic heterocycles. The molecule has 1 nitrogen and oxygen atoms in total. The second-order valence-electron chi connectivity index (χ2n) is 6.51. The molecule has 1 heteroatoms. The summed E-state index contributed by atoms with van der Waals surface area (Å²) in [5.74, 6) is 1.70. The van der Waals surface area contributed by atoms with Crippen LogP contribution in [0, 0.1) is 5.92 Å². The van der Waals surface area contributed by atoms with E-state index in [0.717, 1.165) is 18.6 Å². The Labute approximate surface area is 105 Å². The zero-order valence-corrected chi connectivity index (χ0v) is 11.7. The van der Waals surface area contributed by atoms with Gasteiger partial charge in [-0.3, -0.25) is 0 Å². The van der Waals surface area contributed by atoms with Crippen molar-refractivity contribution in [3.05, 3.63) is 29.3 Å². The molecule has 0 saturated heterocycles. The van der Waals surface area contributed by atoms with E-state index in [1.54, 1.807) is 0 Å². The Morgan fingerprint density at radius 2 is 1.94 bits per heavy atom. The van der Waals surface area contributed by atoms with Gasteiger partial charge in [-0.05, 0) is 41.4 Å². The minimum atomic E-state index is 0.226. The van der Waals surface area contributed by atoms with Crippen molar-refractivity contribution in [1.82, 2.24) is 0 Å². The quantitative estimate of drug-likeness (QED) is 0.700. The van der Waals surface area contributed by atoms with Crippen molar-refractivity contribution in [1.29, 1.82) is 0 Å². The van der Waals surface area contributed by atoms with E-state index >= 15 is 0 Å². The van der Waals surface area contributed by atoms with Gasteiger partial charge in [0.05, 0.1) is 0 Å². The number of hydrogen-bond acceptors (Lipinski definition) is 1. The van der Waals surface area contributed by atoms with Crippen LogP contribution < -0.4 is 4.74 Å². The molecule has 1 aliphatic rings. The Morgan fingerprint density at radius 1 is 1.24 bits per heavy atom. The van der Waals surface area contributed by atoms with Crippen LogP contribution in [-0.2, 0) is 11.8 Å². The van der Waals surface area contributed by atoms with Crippen LogP contribution in [-0.4, -0.2) is 6.10 Å². The van der Waals surface area contributed by atoms with Crippen LogP contribution in [0.1, 0.15) is 52.2 Å². The number of rotatable bonds is 1. The highest BCUT2D eigenvalue weighted by atomic mass is 16.5. The van der Waals surface area contributed by atoms with Crippen LogP contribution in [0.15, 0.2) is 18.2 Å². The highest BCUT2D eigenvalue weighted by molar-refractivity contribution is 5.41. The van der Waals surface area contributed by atoms with E-state index in [1.165, 1.54) is 11.1 Å². The van der Waals surface area contributed by atoms with Crippen molar-refractivity contribution < 1.29 is 4.74 Å². The number of hydrogen-bond donors (Lipinski definition) is 0. The van der Waals surface area contributed by atoms with Crippen LogP contribution in [0.4, 0.5) is 0 Å². The van der Waals surface area contributed by atoms with E-state index in [4.69, 9.17) is 4.74 Å². The molecular formula is C16H24O. The molecule has 0 aliphatic carbocycles. The van der Waals surface area contributed by atoms with Gasteiger partial charge in [0, 0.05) is 0 Å². The molecule has 1 atom stereocenters. The lowest BCUT2D eigenvalue weighted by atomic mass is 9.84. The molecule has 1 unspecified atom stereocenters. The van der Waals surface area contributed by atoms with Crippen molar-refractivity contribution in [2.45, 2.75) is 59.0 Å². The molecule has 0 radical (unpaired) electrons. The third kappa shape index (κ3) is 2.65. The monoisotopic (exact) mass is 232 g/mol. The largest absolute Gasteiger partial charge is 0.490 e. The lowest BCUT2D eigenvalue weighted by Gasteiger charge is -2.30. The average molecular weight is 232 g/mol. The zero-order chi connectivity index (χ0) is 12.6. The Hall–Kier alpha value is -0.980. The van der Waals surface area contributed by atoms with Gasteiger partial charge in [0.25, 0.3) is 0 Å².